The van der Waals surface area contributed by atoms with Crippen LogP contribution in [0.1, 0.15) is 0 Å². The Morgan fingerprint density at radius 1 is 1.57 bits per heavy atom. The summed E-state index contributed by atoms with van der Waals surface area (Å²) in [6, 6.07) is 4.47. The average Bonchev–Trinajstić information content (AvgIpc) is 2.14. The Morgan fingerprint density at radius 2 is 2.29 bits per heavy atom. The number of para-hydroxylation sites is 1. The van der Waals surface area contributed by atoms with E-state index in [1.165, 1.54) is 12.1 Å². The van der Waals surface area contributed by atoms with Gasteiger partial charge in [0.2, 0.25) is 0 Å². The predicted octanol–water partition coefficient (Wildman–Crippen LogP) is 2.63. The number of anilines is 1. The number of nitro benzene ring substituents is 1. The summed E-state index contributed by atoms with van der Waals surface area (Å²) in [6.45, 7) is -0.565. The molecule has 0 atom stereocenters. The van der Waals surface area contributed by atoms with Crippen LogP contribution < -0.4 is 5.32 Å². The van der Waals surface area contributed by atoms with Gasteiger partial charge in [0.15, 0.2) is 0 Å². The van der Waals surface area contributed by atoms with Gasteiger partial charge in [-0.2, -0.15) is 0 Å². The van der Waals surface area contributed by atoms with Crippen molar-refractivity contribution in [3.8, 4) is 0 Å². The molecule has 0 amide bonds. The van der Waals surface area contributed by atoms with Crippen molar-refractivity contribution < 1.29 is 9.31 Å². The number of nitrogens with one attached hydrogen (secondary N) is 1. The molecule has 76 valence electrons. The molecule has 14 heavy (non-hydrogen) atoms. The lowest BCUT2D eigenvalue weighted by Gasteiger charge is -2.05. The minimum absolute atomic E-state index is 0.0290. The molecule has 0 bridgehead atoms. The van der Waals surface area contributed by atoms with Gasteiger partial charge in [-0.1, -0.05) is 17.7 Å². The van der Waals surface area contributed by atoms with E-state index in [0.29, 0.717) is 0 Å². The van der Waals surface area contributed by atoms with Crippen LogP contribution in [0.25, 0.3) is 0 Å². The molecule has 1 aromatic rings. The van der Waals surface area contributed by atoms with Crippen LogP contribution in [0.3, 0.4) is 0 Å². The Kier molecular flexibility index (Phi) is 3.64. The Hall–Kier alpha value is -1.36. The van der Waals surface area contributed by atoms with E-state index < -0.39 is 11.6 Å². The summed E-state index contributed by atoms with van der Waals surface area (Å²) in [4.78, 5) is 10.00. The zero-order valence-corrected chi connectivity index (χ0v) is 7.92. The molecule has 0 aromatic heterocycles. The van der Waals surface area contributed by atoms with Crippen LogP contribution in [-0.2, 0) is 0 Å². The van der Waals surface area contributed by atoms with Gasteiger partial charge in [0.1, 0.15) is 17.4 Å². The number of hydrogen-bond acceptors (Lipinski definition) is 3. The molecule has 6 heteroatoms. The predicted molar refractivity (Wildman–Crippen MR) is 52.6 cm³/mol. The van der Waals surface area contributed by atoms with Crippen LogP contribution in [0.15, 0.2) is 18.2 Å². The van der Waals surface area contributed by atoms with Gasteiger partial charge in [-0.25, -0.2) is 4.39 Å². The van der Waals surface area contributed by atoms with E-state index >= 15 is 0 Å². The Morgan fingerprint density at radius 3 is 2.86 bits per heavy atom. The van der Waals surface area contributed by atoms with Crippen molar-refractivity contribution in [2.75, 3.05) is 18.5 Å². The maximum Gasteiger partial charge on any atom is 0.310 e. The van der Waals surface area contributed by atoms with Crippen LogP contribution >= 0.6 is 11.6 Å². The lowest BCUT2D eigenvalue weighted by Crippen LogP contribution is -2.05. The normalized spacial score (nSPS) is 9.86. The van der Waals surface area contributed by atoms with Crippen LogP contribution in [0.2, 0.25) is 5.02 Å². The van der Waals surface area contributed by atoms with Gasteiger partial charge in [-0.15, -0.1) is 0 Å². The number of benzene rings is 1. The summed E-state index contributed by atoms with van der Waals surface area (Å²) in [5.41, 5.74) is 0.0165. The lowest BCUT2D eigenvalue weighted by atomic mass is 10.2. The first-order valence-corrected chi connectivity index (χ1v) is 4.27. The van der Waals surface area contributed by atoms with Crippen molar-refractivity contribution in [1.29, 1.82) is 0 Å². The van der Waals surface area contributed by atoms with Gasteiger partial charge in [-0.05, 0) is 12.1 Å². The molecule has 0 aliphatic carbocycles. The van der Waals surface area contributed by atoms with Gasteiger partial charge >= 0.3 is 5.69 Å². The third kappa shape index (κ3) is 2.32. The highest BCUT2D eigenvalue weighted by molar-refractivity contribution is 6.33. The van der Waals surface area contributed by atoms with Gasteiger partial charge < -0.3 is 5.32 Å². The SMILES string of the molecule is O=[N+]([O-])c1c(Cl)cccc1NCCF. The van der Waals surface area contributed by atoms with Crippen molar-refractivity contribution in [2.45, 2.75) is 0 Å². The average molecular weight is 219 g/mol. The summed E-state index contributed by atoms with van der Waals surface area (Å²) in [5, 5.41) is 13.2. The molecule has 0 radical (unpaired) electrons. The molecular weight excluding hydrogens is 211 g/mol. The highest BCUT2D eigenvalue weighted by atomic mass is 35.5. The van der Waals surface area contributed by atoms with Crippen molar-refractivity contribution in [3.63, 3.8) is 0 Å². The van der Waals surface area contributed by atoms with E-state index in [4.69, 9.17) is 11.6 Å². The molecule has 0 unspecified atom stereocenters. The second-order valence-corrected chi connectivity index (χ2v) is 2.92. The van der Waals surface area contributed by atoms with Gasteiger partial charge in [-0.3, -0.25) is 10.1 Å². The fourth-order valence-corrected chi connectivity index (χ4v) is 1.27. The minimum atomic E-state index is -0.594. The molecule has 1 N–H and O–H groups in total. The molecule has 0 aliphatic rings. The topological polar surface area (TPSA) is 55.2 Å². The Bertz CT molecular complexity index is 346. The maximum absolute atomic E-state index is 11.8. The fourth-order valence-electron chi connectivity index (χ4n) is 1.03. The summed E-state index contributed by atoms with van der Waals surface area (Å²) < 4.78 is 11.8. The molecule has 0 saturated heterocycles. The highest BCUT2D eigenvalue weighted by Gasteiger charge is 2.17. The second-order valence-electron chi connectivity index (χ2n) is 2.51. The fraction of sp³-hybridized carbons (Fsp3) is 0.250. The van der Waals surface area contributed by atoms with E-state index in [1.54, 1.807) is 6.07 Å². The first kappa shape index (κ1) is 10.7. The van der Waals surface area contributed by atoms with Crippen molar-refractivity contribution in [3.05, 3.63) is 33.3 Å². The number of nitro groups is 1. The molecular formula is C8H8ClFN2O2. The molecule has 1 aromatic carbocycles. The standard InChI is InChI=1S/C8H8ClFN2O2/c9-6-2-1-3-7(11-5-4-10)8(6)12(13)14/h1-3,11H,4-5H2. The Labute approximate surface area is 84.8 Å². The largest absolute Gasteiger partial charge is 0.377 e. The van der Waals surface area contributed by atoms with Crippen molar-refractivity contribution in [1.82, 2.24) is 0 Å². The summed E-state index contributed by atoms with van der Waals surface area (Å²) in [6.07, 6.45) is 0. The zero-order valence-electron chi connectivity index (χ0n) is 7.17. The van der Waals surface area contributed by atoms with E-state index in [1.807, 2.05) is 0 Å². The minimum Gasteiger partial charge on any atom is -0.377 e. The molecule has 0 fully saturated rings. The van der Waals surface area contributed by atoms with E-state index in [9.17, 15) is 14.5 Å². The third-order valence-electron chi connectivity index (χ3n) is 1.58. The van der Waals surface area contributed by atoms with E-state index in [0.717, 1.165) is 0 Å². The monoisotopic (exact) mass is 218 g/mol. The number of alkyl halides is 1. The lowest BCUT2D eigenvalue weighted by molar-refractivity contribution is -0.383. The summed E-state index contributed by atoms with van der Waals surface area (Å²) in [5.74, 6) is 0. The molecule has 0 heterocycles. The van der Waals surface area contributed by atoms with E-state index in [2.05, 4.69) is 5.32 Å². The van der Waals surface area contributed by atoms with Gasteiger partial charge in [0.05, 0.1) is 4.92 Å². The first-order chi connectivity index (χ1) is 6.66. The third-order valence-corrected chi connectivity index (χ3v) is 1.88. The zero-order chi connectivity index (χ0) is 10.6. The maximum atomic E-state index is 11.8. The summed E-state index contributed by atoms with van der Waals surface area (Å²) in [7, 11) is 0. The van der Waals surface area contributed by atoms with Crippen molar-refractivity contribution >= 4 is 23.0 Å². The molecule has 4 nitrogen and oxygen atoms in total. The van der Waals surface area contributed by atoms with Crippen LogP contribution in [0.5, 0.6) is 0 Å². The molecule has 1 rings (SSSR count). The second kappa shape index (κ2) is 4.76. The number of halogens is 2. The number of nitrogens with zero attached hydrogens (tertiary/aromatic N) is 1. The smallest absolute Gasteiger partial charge is 0.310 e. The Balaban J connectivity index is 3.02. The number of rotatable bonds is 4. The molecule has 0 saturated carbocycles. The van der Waals surface area contributed by atoms with Crippen molar-refractivity contribution in [2.24, 2.45) is 0 Å². The van der Waals surface area contributed by atoms with Gasteiger partial charge in [0.25, 0.3) is 0 Å². The van der Waals surface area contributed by atoms with Crippen LogP contribution in [-0.4, -0.2) is 18.1 Å². The molecule has 0 spiro atoms. The first-order valence-electron chi connectivity index (χ1n) is 3.89. The quantitative estimate of drug-likeness (QED) is 0.624. The van der Waals surface area contributed by atoms with Crippen LogP contribution in [0.4, 0.5) is 15.8 Å². The highest BCUT2D eigenvalue weighted by Crippen LogP contribution is 2.31. The van der Waals surface area contributed by atoms with E-state index in [-0.39, 0.29) is 22.9 Å². The number of hydrogen-bond donors (Lipinski definition) is 1. The van der Waals surface area contributed by atoms with Crippen LogP contribution in [0, 0.1) is 10.1 Å². The molecule has 0 aliphatic heterocycles. The van der Waals surface area contributed by atoms with Gasteiger partial charge in [0, 0.05) is 6.54 Å². The summed E-state index contributed by atoms with van der Waals surface area (Å²) >= 11 is 5.63.